The summed E-state index contributed by atoms with van der Waals surface area (Å²) >= 11 is 3.45. The van der Waals surface area contributed by atoms with E-state index in [9.17, 15) is 9.59 Å². The molecule has 1 aliphatic heterocycles. The van der Waals surface area contributed by atoms with E-state index in [0.29, 0.717) is 5.92 Å². The second kappa shape index (κ2) is 5.71. The van der Waals surface area contributed by atoms with Crippen LogP contribution in [-0.2, 0) is 16.2 Å². The van der Waals surface area contributed by atoms with Gasteiger partial charge in [-0.3, -0.25) is 14.9 Å². The van der Waals surface area contributed by atoms with Gasteiger partial charge < -0.3 is 0 Å². The van der Waals surface area contributed by atoms with Crippen LogP contribution in [0.25, 0.3) is 0 Å². The largest absolute Gasteiger partial charge is 0.348 e. The second-order valence-electron chi connectivity index (χ2n) is 4.71. The fourth-order valence-electron chi connectivity index (χ4n) is 1.77. The number of urea groups is 1. The molecule has 1 saturated heterocycles. The Labute approximate surface area is 120 Å². The quantitative estimate of drug-likeness (QED) is 0.865. The molecule has 0 spiro atoms. The monoisotopic (exact) mass is 326 g/mol. The van der Waals surface area contributed by atoms with Crippen LogP contribution in [0.3, 0.4) is 0 Å². The molecule has 19 heavy (non-hydrogen) atoms. The molecule has 2 rings (SSSR count). The summed E-state index contributed by atoms with van der Waals surface area (Å²) in [6, 6.07) is 5.51. The van der Waals surface area contributed by atoms with Crippen LogP contribution in [-0.4, -0.2) is 23.5 Å². The lowest BCUT2D eigenvalue weighted by Gasteiger charge is -2.14. The number of hydrogen-bond acceptors (Lipinski definition) is 3. The molecule has 0 aliphatic carbocycles. The van der Waals surface area contributed by atoms with Crippen LogP contribution in [0.15, 0.2) is 22.7 Å². The molecule has 3 amide bonds. The van der Waals surface area contributed by atoms with E-state index in [2.05, 4.69) is 41.2 Å². The van der Waals surface area contributed by atoms with Crippen molar-refractivity contribution in [3.63, 3.8) is 0 Å². The standard InChI is InChI=1S/C13H15BrN2O3/c1-8(2)10-3-9(4-11(14)5-10)7-19-16-6-12(17)15-13(16)18/h3-5,8H,6-7H2,1-2H3,(H,15,17,18). The maximum absolute atomic E-state index is 11.3. The maximum Gasteiger partial charge on any atom is 0.348 e. The molecule has 0 aromatic heterocycles. The Hall–Kier alpha value is -1.40. The van der Waals surface area contributed by atoms with Crippen molar-refractivity contribution in [1.82, 2.24) is 10.4 Å². The smallest absolute Gasteiger partial charge is 0.274 e. The zero-order chi connectivity index (χ0) is 14.0. The SMILES string of the molecule is CC(C)c1cc(Br)cc(CON2CC(=O)NC2=O)c1. The summed E-state index contributed by atoms with van der Waals surface area (Å²) in [5, 5.41) is 3.20. The summed E-state index contributed by atoms with van der Waals surface area (Å²) in [4.78, 5) is 27.7. The van der Waals surface area contributed by atoms with Crippen molar-refractivity contribution >= 4 is 27.9 Å². The van der Waals surface area contributed by atoms with Crippen LogP contribution in [0.5, 0.6) is 0 Å². The Bertz CT molecular complexity index is 517. The first-order valence-corrected chi connectivity index (χ1v) is 6.78. The average Bonchev–Trinajstić information content (AvgIpc) is 2.64. The van der Waals surface area contributed by atoms with Crippen molar-refractivity contribution < 1.29 is 14.4 Å². The van der Waals surface area contributed by atoms with E-state index >= 15 is 0 Å². The molecule has 102 valence electrons. The molecule has 1 heterocycles. The van der Waals surface area contributed by atoms with Gasteiger partial charge in [-0.1, -0.05) is 35.8 Å². The number of hydrogen-bond donors (Lipinski definition) is 1. The highest BCUT2D eigenvalue weighted by Gasteiger charge is 2.27. The lowest BCUT2D eigenvalue weighted by molar-refractivity contribution is -0.134. The zero-order valence-electron chi connectivity index (χ0n) is 10.8. The summed E-state index contributed by atoms with van der Waals surface area (Å²) in [6.45, 7) is 4.42. The van der Waals surface area contributed by atoms with Crippen molar-refractivity contribution in [3.8, 4) is 0 Å². The first-order chi connectivity index (χ1) is 8.95. The van der Waals surface area contributed by atoms with Crippen LogP contribution < -0.4 is 5.32 Å². The van der Waals surface area contributed by atoms with Gasteiger partial charge in [0.25, 0.3) is 0 Å². The maximum atomic E-state index is 11.3. The fourth-order valence-corrected chi connectivity index (χ4v) is 2.33. The molecule has 0 atom stereocenters. The Morgan fingerprint density at radius 2 is 2.11 bits per heavy atom. The zero-order valence-corrected chi connectivity index (χ0v) is 12.4. The number of nitrogens with one attached hydrogen (secondary N) is 1. The Morgan fingerprint density at radius 3 is 2.68 bits per heavy atom. The molecule has 6 heteroatoms. The molecule has 0 bridgehead atoms. The van der Waals surface area contributed by atoms with Gasteiger partial charge in [0.2, 0.25) is 5.91 Å². The molecular formula is C13H15BrN2O3. The van der Waals surface area contributed by atoms with E-state index in [-0.39, 0.29) is 19.1 Å². The third-order valence-corrected chi connectivity index (χ3v) is 3.25. The average molecular weight is 327 g/mol. The first-order valence-electron chi connectivity index (χ1n) is 5.99. The van der Waals surface area contributed by atoms with Gasteiger partial charge >= 0.3 is 6.03 Å². The third kappa shape index (κ3) is 3.54. The summed E-state index contributed by atoms with van der Waals surface area (Å²) in [5.74, 6) is 0.0648. The van der Waals surface area contributed by atoms with E-state index in [1.807, 2.05) is 12.1 Å². The second-order valence-corrected chi connectivity index (χ2v) is 5.63. The summed E-state index contributed by atoms with van der Waals surface area (Å²) in [6.07, 6.45) is 0. The highest BCUT2D eigenvalue weighted by molar-refractivity contribution is 9.10. The van der Waals surface area contributed by atoms with Gasteiger partial charge in [0, 0.05) is 4.47 Å². The summed E-state index contributed by atoms with van der Waals surface area (Å²) in [5.41, 5.74) is 2.14. The predicted octanol–water partition coefficient (Wildman–Crippen LogP) is 2.56. The minimum atomic E-state index is -0.510. The number of halogens is 1. The van der Waals surface area contributed by atoms with E-state index in [0.717, 1.165) is 15.1 Å². The molecule has 5 nitrogen and oxygen atoms in total. The minimum absolute atomic E-state index is 0.0517. The van der Waals surface area contributed by atoms with Gasteiger partial charge in [0.05, 0.1) is 0 Å². The Kier molecular flexibility index (Phi) is 4.21. The number of benzene rings is 1. The van der Waals surface area contributed by atoms with E-state index < -0.39 is 6.03 Å². The molecule has 0 radical (unpaired) electrons. The normalized spacial score (nSPS) is 15.3. The van der Waals surface area contributed by atoms with Crippen molar-refractivity contribution in [1.29, 1.82) is 0 Å². The lowest BCUT2D eigenvalue weighted by atomic mass is 10.0. The number of hydroxylamine groups is 2. The first kappa shape index (κ1) is 14.0. The molecule has 1 aromatic carbocycles. The molecule has 0 unspecified atom stereocenters. The van der Waals surface area contributed by atoms with Crippen LogP contribution in [0.2, 0.25) is 0 Å². The summed E-state index contributed by atoms with van der Waals surface area (Å²) in [7, 11) is 0. The van der Waals surface area contributed by atoms with Crippen LogP contribution in [0.1, 0.15) is 30.9 Å². The van der Waals surface area contributed by atoms with Crippen LogP contribution in [0, 0.1) is 0 Å². The highest BCUT2D eigenvalue weighted by Crippen LogP contribution is 2.22. The number of nitrogens with zero attached hydrogens (tertiary/aromatic N) is 1. The van der Waals surface area contributed by atoms with Gasteiger partial charge in [-0.25, -0.2) is 4.79 Å². The fraction of sp³-hybridized carbons (Fsp3) is 0.385. The molecule has 1 fully saturated rings. The van der Waals surface area contributed by atoms with Gasteiger partial charge in [-0.2, -0.15) is 5.06 Å². The van der Waals surface area contributed by atoms with E-state index in [1.165, 1.54) is 5.56 Å². The van der Waals surface area contributed by atoms with Crippen molar-refractivity contribution in [2.75, 3.05) is 6.54 Å². The van der Waals surface area contributed by atoms with E-state index in [4.69, 9.17) is 4.84 Å². The number of carbonyl (C=O) groups is 2. The van der Waals surface area contributed by atoms with Gasteiger partial charge in [0.1, 0.15) is 13.2 Å². The summed E-state index contributed by atoms with van der Waals surface area (Å²) < 4.78 is 0.972. The Balaban J connectivity index is 2.03. The number of rotatable bonds is 4. The van der Waals surface area contributed by atoms with Gasteiger partial charge in [0.15, 0.2) is 0 Å². The van der Waals surface area contributed by atoms with Crippen LogP contribution in [0.4, 0.5) is 4.79 Å². The molecular weight excluding hydrogens is 312 g/mol. The van der Waals surface area contributed by atoms with Gasteiger partial charge in [-0.15, -0.1) is 0 Å². The molecule has 1 N–H and O–H groups in total. The van der Waals surface area contributed by atoms with Crippen molar-refractivity contribution in [2.24, 2.45) is 0 Å². The lowest BCUT2D eigenvalue weighted by Crippen LogP contribution is -2.28. The van der Waals surface area contributed by atoms with Crippen LogP contribution >= 0.6 is 15.9 Å². The van der Waals surface area contributed by atoms with Gasteiger partial charge in [-0.05, 0) is 29.2 Å². The number of carbonyl (C=O) groups excluding carboxylic acids is 2. The topological polar surface area (TPSA) is 58.6 Å². The number of imide groups is 1. The Morgan fingerprint density at radius 1 is 1.37 bits per heavy atom. The molecule has 1 aliphatic rings. The third-order valence-electron chi connectivity index (χ3n) is 2.79. The minimum Gasteiger partial charge on any atom is -0.274 e. The van der Waals surface area contributed by atoms with Crippen molar-refractivity contribution in [3.05, 3.63) is 33.8 Å². The van der Waals surface area contributed by atoms with Crippen molar-refractivity contribution in [2.45, 2.75) is 26.4 Å². The van der Waals surface area contributed by atoms with E-state index in [1.54, 1.807) is 0 Å². The number of amides is 3. The molecule has 1 aromatic rings. The molecule has 0 saturated carbocycles. The highest BCUT2D eigenvalue weighted by atomic mass is 79.9. The predicted molar refractivity (Wildman–Crippen MR) is 73.3 cm³/mol.